The molecule has 0 saturated carbocycles. The first kappa shape index (κ1) is 19.2. The van der Waals surface area contributed by atoms with E-state index in [1.54, 1.807) is 7.05 Å². The zero-order chi connectivity index (χ0) is 19.6. The number of aryl methyl sites for hydroxylation is 2. The van der Waals surface area contributed by atoms with E-state index in [0.29, 0.717) is 5.17 Å². The van der Waals surface area contributed by atoms with Gasteiger partial charge in [0.25, 0.3) is 0 Å². The van der Waals surface area contributed by atoms with E-state index in [-0.39, 0.29) is 18.2 Å². The van der Waals surface area contributed by atoms with Gasteiger partial charge in [0.2, 0.25) is 11.8 Å². The van der Waals surface area contributed by atoms with E-state index in [1.807, 2.05) is 63.2 Å². The van der Waals surface area contributed by atoms with Gasteiger partial charge >= 0.3 is 0 Å². The van der Waals surface area contributed by atoms with Crippen LogP contribution in [0.1, 0.15) is 23.1 Å². The molecule has 1 aliphatic rings. The summed E-state index contributed by atoms with van der Waals surface area (Å²) in [6, 6.07) is 13.6. The molecule has 0 radical (unpaired) electrons. The standard InChI is InChI=1S/C21H23N3O2S/c1-13-7-5-9-16(11-13)22-21-24(4)20(26)18(27-21)12-19(25)23-17-10-6-8-14(2)15(17)3/h5-11,18H,12H2,1-4H3,(H,23,25). The number of carbonyl (C=O) groups excluding carboxylic acids is 2. The smallest absolute Gasteiger partial charge is 0.242 e. The van der Waals surface area contributed by atoms with Crippen molar-refractivity contribution in [2.45, 2.75) is 32.4 Å². The third-order valence-corrected chi connectivity index (χ3v) is 5.85. The van der Waals surface area contributed by atoms with Crippen LogP contribution < -0.4 is 5.32 Å². The molecule has 3 rings (SSSR count). The number of anilines is 1. The van der Waals surface area contributed by atoms with E-state index in [1.165, 1.54) is 16.7 Å². The molecule has 1 unspecified atom stereocenters. The Balaban J connectivity index is 1.70. The Labute approximate surface area is 163 Å². The monoisotopic (exact) mass is 381 g/mol. The molecule has 0 bridgehead atoms. The molecule has 6 heteroatoms. The molecule has 140 valence electrons. The number of amides is 2. The molecule has 1 saturated heterocycles. The Hall–Kier alpha value is -2.60. The molecule has 2 aromatic carbocycles. The molecule has 1 aliphatic heterocycles. The van der Waals surface area contributed by atoms with Crippen molar-refractivity contribution in [1.29, 1.82) is 0 Å². The van der Waals surface area contributed by atoms with Crippen LogP contribution in [0.15, 0.2) is 47.5 Å². The molecule has 0 aromatic heterocycles. The van der Waals surface area contributed by atoms with E-state index in [0.717, 1.165) is 28.1 Å². The van der Waals surface area contributed by atoms with Crippen molar-refractivity contribution >= 4 is 40.1 Å². The van der Waals surface area contributed by atoms with Gasteiger partial charge in [-0.3, -0.25) is 14.5 Å². The van der Waals surface area contributed by atoms with E-state index in [4.69, 9.17) is 0 Å². The topological polar surface area (TPSA) is 61.8 Å². The van der Waals surface area contributed by atoms with Crippen LogP contribution in [-0.4, -0.2) is 34.2 Å². The molecule has 2 aromatic rings. The van der Waals surface area contributed by atoms with Crippen molar-refractivity contribution < 1.29 is 9.59 Å². The Kier molecular flexibility index (Phi) is 5.65. The minimum Gasteiger partial charge on any atom is -0.326 e. The largest absolute Gasteiger partial charge is 0.326 e. The van der Waals surface area contributed by atoms with Crippen LogP contribution >= 0.6 is 11.8 Å². The molecule has 1 heterocycles. The van der Waals surface area contributed by atoms with E-state index in [9.17, 15) is 9.59 Å². The fourth-order valence-electron chi connectivity index (χ4n) is 2.86. The number of nitrogens with one attached hydrogen (secondary N) is 1. The molecule has 5 nitrogen and oxygen atoms in total. The molecule has 1 fully saturated rings. The zero-order valence-electron chi connectivity index (χ0n) is 15.9. The number of rotatable bonds is 4. The second kappa shape index (κ2) is 7.96. The van der Waals surface area contributed by atoms with Crippen LogP contribution in [0, 0.1) is 20.8 Å². The van der Waals surface area contributed by atoms with Gasteiger partial charge in [-0.05, 0) is 55.7 Å². The minimum absolute atomic E-state index is 0.0949. The maximum absolute atomic E-state index is 12.5. The van der Waals surface area contributed by atoms with Crippen LogP contribution in [0.25, 0.3) is 0 Å². The highest BCUT2D eigenvalue weighted by molar-refractivity contribution is 8.15. The quantitative estimate of drug-likeness (QED) is 0.863. The zero-order valence-corrected chi connectivity index (χ0v) is 16.8. The first-order chi connectivity index (χ1) is 12.8. The van der Waals surface area contributed by atoms with Crippen molar-refractivity contribution in [3.63, 3.8) is 0 Å². The van der Waals surface area contributed by atoms with Gasteiger partial charge in [-0.2, -0.15) is 0 Å². The fraction of sp³-hybridized carbons (Fsp3) is 0.286. The highest BCUT2D eigenvalue weighted by Crippen LogP contribution is 2.31. The number of hydrogen-bond donors (Lipinski definition) is 1. The number of hydrogen-bond acceptors (Lipinski definition) is 4. The fourth-order valence-corrected chi connectivity index (χ4v) is 4.02. The van der Waals surface area contributed by atoms with E-state index < -0.39 is 5.25 Å². The average Bonchev–Trinajstić information content (AvgIpc) is 2.87. The van der Waals surface area contributed by atoms with Crippen molar-refractivity contribution in [1.82, 2.24) is 4.90 Å². The summed E-state index contributed by atoms with van der Waals surface area (Å²) in [6.45, 7) is 5.98. The van der Waals surface area contributed by atoms with Gasteiger partial charge in [0, 0.05) is 19.2 Å². The van der Waals surface area contributed by atoms with Gasteiger partial charge < -0.3 is 5.32 Å². The minimum atomic E-state index is -0.455. The first-order valence-corrected chi connectivity index (χ1v) is 9.69. The van der Waals surface area contributed by atoms with Gasteiger partial charge in [-0.15, -0.1) is 0 Å². The predicted octanol–water partition coefficient (Wildman–Crippen LogP) is 4.20. The van der Waals surface area contributed by atoms with E-state index in [2.05, 4.69) is 10.3 Å². The Bertz CT molecular complexity index is 923. The van der Waals surface area contributed by atoms with Gasteiger partial charge in [0.1, 0.15) is 5.25 Å². The molecule has 1 atom stereocenters. The molecule has 1 N–H and O–H groups in total. The average molecular weight is 382 g/mol. The second-order valence-corrected chi connectivity index (χ2v) is 7.91. The van der Waals surface area contributed by atoms with E-state index >= 15 is 0 Å². The van der Waals surface area contributed by atoms with Crippen LogP contribution in [0.4, 0.5) is 11.4 Å². The lowest BCUT2D eigenvalue weighted by atomic mass is 10.1. The number of thioether (sulfide) groups is 1. The van der Waals surface area contributed by atoms with Crippen molar-refractivity contribution in [3.8, 4) is 0 Å². The predicted molar refractivity (Wildman–Crippen MR) is 112 cm³/mol. The highest BCUT2D eigenvalue weighted by atomic mass is 32.2. The number of aliphatic imine (C=N–C) groups is 1. The van der Waals surface area contributed by atoms with Gasteiger partial charge in [0.15, 0.2) is 5.17 Å². The lowest BCUT2D eigenvalue weighted by molar-refractivity contribution is -0.127. The summed E-state index contributed by atoms with van der Waals surface area (Å²) in [6.07, 6.45) is 0.119. The Morgan fingerprint density at radius 2 is 1.93 bits per heavy atom. The molecular formula is C21H23N3O2S. The lowest BCUT2D eigenvalue weighted by Gasteiger charge is -2.12. The van der Waals surface area contributed by atoms with Gasteiger partial charge in [-0.1, -0.05) is 36.0 Å². The van der Waals surface area contributed by atoms with Crippen molar-refractivity contribution in [2.24, 2.45) is 4.99 Å². The molecular weight excluding hydrogens is 358 g/mol. The van der Waals surface area contributed by atoms with Crippen molar-refractivity contribution in [2.75, 3.05) is 12.4 Å². The SMILES string of the molecule is Cc1cccc(N=C2SC(CC(=O)Nc3cccc(C)c3C)C(=O)N2C)c1. The maximum atomic E-state index is 12.5. The molecule has 27 heavy (non-hydrogen) atoms. The third kappa shape index (κ3) is 4.39. The number of amidine groups is 1. The van der Waals surface area contributed by atoms with Crippen LogP contribution in [-0.2, 0) is 9.59 Å². The highest BCUT2D eigenvalue weighted by Gasteiger charge is 2.37. The van der Waals surface area contributed by atoms with Crippen LogP contribution in [0.3, 0.4) is 0 Å². The first-order valence-electron chi connectivity index (χ1n) is 8.81. The Morgan fingerprint density at radius 1 is 1.19 bits per heavy atom. The normalized spacial score (nSPS) is 18.2. The summed E-state index contributed by atoms with van der Waals surface area (Å²) in [5, 5.41) is 3.09. The number of carbonyl (C=O) groups is 2. The van der Waals surface area contributed by atoms with Crippen LogP contribution in [0.2, 0.25) is 0 Å². The second-order valence-electron chi connectivity index (χ2n) is 6.74. The summed E-state index contributed by atoms with van der Waals surface area (Å²) in [7, 11) is 1.70. The summed E-state index contributed by atoms with van der Waals surface area (Å²) >= 11 is 1.34. The number of benzene rings is 2. The molecule has 2 amide bonds. The van der Waals surface area contributed by atoms with Gasteiger partial charge in [-0.25, -0.2) is 4.99 Å². The summed E-state index contributed by atoms with van der Waals surface area (Å²) < 4.78 is 0. The summed E-state index contributed by atoms with van der Waals surface area (Å²) in [5.74, 6) is -0.262. The van der Waals surface area contributed by atoms with Crippen molar-refractivity contribution in [3.05, 3.63) is 59.2 Å². The van der Waals surface area contributed by atoms with Crippen LogP contribution in [0.5, 0.6) is 0 Å². The maximum Gasteiger partial charge on any atom is 0.242 e. The molecule has 0 spiro atoms. The molecule has 0 aliphatic carbocycles. The van der Waals surface area contributed by atoms with Gasteiger partial charge in [0.05, 0.1) is 5.69 Å². The summed E-state index contributed by atoms with van der Waals surface area (Å²) in [5.41, 5.74) is 4.86. The Morgan fingerprint density at radius 3 is 2.67 bits per heavy atom. The number of nitrogens with zero attached hydrogens (tertiary/aromatic N) is 2. The summed E-state index contributed by atoms with van der Waals surface area (Å²) in [4.78, 5) is 31.1. The third-order valence-electron chi connectivity index (χ3n) is 4.62. The lowest BCUT2D eigenvalue weighted by Crippen LogP contribution is -2.30.